The van der Waals surface area contributed by atoms with Gasteiger partial charge in [-0.1, -0.05) is 0 Å². The zero-order valence-electron chi connectivity index (χ0n) is 8.76. The van der Waals surface area contributed by atoms with E-state index in [9.17, 15) is 10.2 Å². The quantitative estimate of drug-likeness (QED) is 0.279. The summed E-state index contributed by atoms with van der Waals surface area (Å²) in [5.41, 5.74) is 5.59. The van der Waals surface area contributed by atoms with E-state index in [-0.39, 0.29) is 11.7 Å². The molecular weight excluding hydrogens is 230 g/mol. The van der Waals surface area contributed by atoms with Gasteiger partial charge in [-0.05, 0) is 0 Å². The summed E-state index contributed by atoms with van der Waals surface area (Å²) in [5, 5.41) is 34.1. The summed E-state index contributed by atoms with van der Waals surface area (Å²) in [6.45, 7) is -0.410. The van der Waals surface area contributed by atoms with Crippen LogP contribution in [0.3, 0.4) is 0 Å². The molecule has 1 aromatic heterocycles. The first-order chi connectivity index (χ1) is 8.13. The third-order valence-corrected chi connectivity index (χ3v) is 2.44. The van der Waals surface area contributed by atoms with E-state index in [0.717, 1.165) is 0 Å². The van der Waals surface area contributed by atoms with Crippen molar-refractivity contribution >= 4 is 5.84 Å². The van der Waals surface area contributed by atoms with Crippen LogP contribution in [0.2, 0.25) is 0 Å². The number of nitrogens with zero attached hydrogens (tertiary/aromatic N) is 3. The van der Waals surface area contributed by atoms with Crippen LogP contribution in [0.4, 0.5) is 0 Å². The lowest BCUT2D eigenvalue weighted by Gasteiger charge is -2.10. The molecule has 0 saturated carbocycles. The van der Waals surface area contributed by atoms with Gasteiger partial charge in [0, 0.05) is 0 Å². The van der Waals surface area contributed by atoms with Gasteiger partial charge in [0.1, 0.15) is 24.6 Å². The summed E-state index contributed by atoms with van der Waals surface area (Å²) in [6, 6.07) is 0. The monoisotopic (exact) mass is 243 g/mol. The largest absolute Gasteiger partial charge is 0.394 e. The van der Waals surface area contributed by atoms with Crippen molar-refractivity contribution in [3.8, 4) is 0 Å². The van der Waals surface area contributed by atoms with Crippen LogP contribution in [0.25, 0.3) is 0 Å². The van der Waals surface area contributed by atoms with E-state index < -0.39 is 31.1 Å². The SMILES string of the molecule is NC(=N[C@@H]1O[C@H](CO)[C@@H](O)[C@H]1O)c1ncn[nH]1. The number of aliphatic hydroxyl groups excluding tert-OH is 3. The molecule has 0 amide bonds. The summed E-state index contributed by atoms with van der Waals surface area (Å²) in [6.07, 6.45) is -3.09. The van der Waals surface area contributed by atoms with Crippen LogP contribution in [-0.2, 0) is 4.74 Å². The molecule has 17 heavy (non-hydrogen) atoms. The molecule has 1 fully saturated rings. The molecule has 1 aromatic rings. The minimum absolute atomic E-state index is 0.00246. The molecule has 9 nitrogen and oxygen atoms in total. The highest BCUT2D eigenvalue weighted by Gasteiger charge is 2.42. The van der Waals surface area contributed by atoms with E-state index in [1.807, 2.05) is 0 Å². The summed E-state index contributed by atoms with van der Waals surface area (Å²) in [5.74, 6) is 0.236. The molecule has 0 unspecified atom stereocenters. The number of hydrogen-bond donors (Lipinski definition) is 5. The van der Waals surface area contributed by atoms with Crippen molar-refractivity contribution in [1.29, 1.82) is 0 Å². The molecule has 2 rings (SSSR count). The van der Waals surface area contributed by atoms with Gasteiger partial charge in [-0.15, -0.1) is 0 Å². The first-order valence-corrected chi connectivity index (χ1v) is 4.95. The molecule has 4 atom stereocenters. The van der Waals surface area contributed by atoms with E-state index in [0.29, 0.717) is 0 Å². The summed E-state index contributed by atoms with van der Waals surface area (Å²) < 4.78 is 5.12. The maximum Gasteiger partial charge on any atom is 0.190 e. The van der Waals surface area contributed by atoms with Crippen LogP contribution in [0.15, 0.2) is 11.3 Å². The molecule has 2 heterocycles. The maximum absolute atomic E-state index is 9.61. The lowest BCUT2D eigenvalue weighted by Crippen LogP contribution is -2.34. The fourth-order valence-electron chi connectivity index (χ4n) is 1.51. The standard InChI is InChI=1S/C8H13N5O4/c9-6(7-10-2-11-13-7)12-8-5(16)4(15)3(1-14)17-8/h2-5,8,14-16H,1H2,(H2,9,12)(H,10,11,13)/t3-,4-,5-,8-/m1/s1. The zero-order chi connectivity index (χ0) is 12.4. The Morgan fingerprint density at radius 3 is 2.82 bits per heavy atom. The maximum atomic E-state index is 9.61. The van der Waals surface area contributed by atoms with Crippen molar-refractivity contribution in [3.63, 3.8) is 0 Å². The van der Waals surface area contributed by atoms with Crippen molar-refractivity contribution in [3.05, 3.63) is 12.2 Å². The van der Waals surface area contributed by atoms with E-state index in [2.05, 4.69) is 20.2 Å². The van der Waals surface area contributed by atoms with E-state index >= 15 is 0 Å². The Labute approximate surface area is 96.0 Å². The van der Waals surface area contributed by atoms with Crippen LogP contribution in [0.1, 0.15) is 5.82 Å². The van der Waals surface area contributed by atoms with Gasteiger partial charge in [0.2, 0.25) is 0 Å². The Morgan fingerprint density at radius 2 is 2.29 bits per heavy atom. The van der Waals surface area contributed by atoms with Crippen LogP contribution in [0.5, 0.6) is 0 Å². The number of aromatic amines is 1. The summed E-state index contributed by atoms with van der Waals surface area (Å²) in [7, 11) is 0. The predicted octanol–water partition coefficient (Wildman–Crippen LogP) is -3.05. The number of nitrogens with one attached hydrogen (secondary N) is 1. The summed E-state index contributed by atoms with van der Waals surface area (Å²) >= 11 is 0. The lowest BCUT2D eigenvalue weighted by atomic mass is 10.1. The fraction of sp³-hybridized carbons (Fsp3) is 0.625. The van der Waals surface area contributed by atoms with Crippen LogP contribution >= 0.6 is 0 Å². The van der Waals surface area contributed by atoms with Gasteiger partial charge in [-0.3, -0.25) is 5.10 Å². The molecule has 0 bridgehead atoms. The minimum atomic E-state index is -1.24. The van der Waals surface area contributed by atoms with Gasteiger partial charge in [0.15, 0.2) is 17.9 Å². The Balaban J connectivity index is 2.12. The Bertz CT molecular complexity index is 395. The van der Waals surface area contributed by atoms with E-state index in [1.54, 1.807) is 0 Å². The normalized spacial score (nSPS) is 34.2. The number of H-pyrrole nitrogens is 1. The molecule has 9 heteroatoms. The first-order valence-electron chi connectivity index (χ1n) is 4.95. The number of aliphatic hydroxyl groups is 3. The number of aliphatic imine (C=N–C) groups is 1. The molecule has 0 spiro atoms. The Kier molecular flexibility index (Phi) is 3.33. The van der Waals surface area contributed by atoms with Crippen molar-refractivity contribution in [1.82, 2.24) is 15.2 Å². The first kappa shape index (κ1) is 11.9. The van der Waals surface area contributed by atoms with Crippen molar-refractivity contribution in [2.24, 2.45) is 10.7 Å². The number of amidine groups is 1. The van der Waals surface area contributed by atoms with Crippen LogP contribution in [-0.4, -0.2) is 67.5 Å². The number of rotatable bonds is 3. The van der Waals surface area contributed by atoms with Crippen LogP contribution in [0, 0.1) is 0 Å². The van der Waals surface area contributed by atoms with Gasteiger partial charge in [0.25, 0.3) is 0 Å². The van der Waals surface area contributed by atoms with Gasteiger partial charge in [-0.2, -0.15) is 5.10 Å². The van der Waals surface area contributed by atoms with Crippen molar-refractivity contribution in [2.75, 3.05) is 6.61 Å². The molecular formula is C8H13N5O4. The molecule has 0 aromatic carbocycles. The Hall–Kier alpha value is -1.55. The van der Waals surface area contributed by atoms with Gasteiger partial charge in [0.05, 0.1) is 6.61 Å². The van der Waals surface area contributed by atoms with Crippen molar-refractivity contribution in [2.45, 2.75) is 24.5 Å². The fourth-order valence-corrected chi connectivity index (χ4v) is 1.51. The molecule has 1 aliphatic rings. The zero-order valence-corrected chi connectivity index (χ0v) is 8.76. The highest BCUT2D eigenvalue weighted by atomic mass is 16.6. The van der Waals surface area contributed by atoms with Gasteiger partial charge < -0.3 is 25.8 Å². The van der Waals surface area contributed by atoms with Gasteiger partial charge in [-0.25, -0.2) is 9.98 Å². The average molecular weight is 243 g/mol. The number of nitrogens with two attached hydrogens (primary N) is 1. The van der Waals surface area contributed by atoms with Gasteiger partial charge >= 0.3 is 0 Å². The molecule has 94 valence electrons. The topological polar surface area (TPSA) is 150 Å². The predicted molar refractivity (Wildman–Crippen MR) is 54.9 cm³/mol. The third-order valence-electron chi connectivity index (χ3n) is 2.44. The number of aromatic nitrogens is 3. The second-order valence-electron chi connectivity index (χ2n) is 3.58. The Morgan fingerprint density at radius 1 is 1.53 bits per heavy atom. The average Bonchev–Trinajstić information content (AvgIpc) is 2.93. The number of hydrogen-bond acceptors (Lipinski definition) is 7. The second-order valence-corrected chi connectivity index (χ2v) is 3.58. The second kappa shape index (κ2) is 4.75. The third kappa shape index (κ3) is 2.26. The smallest absolute Gasteiger partial charge is 0.190 e. The van der Waals surface area contributed by atoms with Crippen molar-refractivity contribution < 1.29 is 20.1 Å². The minimum Gasteiger partial charge on any atom is -0.394 e. The molecule has 1 aliphatic heterocycles. The summed E-state index contributed by atoms with van der Waals surface area (Å²) in [4.78, 5) is 7.64. The highest BCUT2D eigenvalue weighted by Crippen LogP contribution is 2.21. The van der Waals surface area contributed by atoms with E-state index in [4.69, 9.17) is 15.6 Å². The van der Waals surface area contributed by atoms with Crippen LogP contribution < -0.4 is 5.73 Å². The molecule has 6 N–H and O–H groups in total. The number of ether oxygens (including phenoxy) is 1. The van der Waals surface area contributed by atoms with E-state index in [1.165, 1.54) is 6.33 Å². The molecule has 0 radical (unpaired) electrons. The molecule has 0 aliphatic carbocycles. The molecule has 1 saturated heterocycles. The highest BCUT2D eigenvalue weighted by molar-refractivity contribution is 5.93. The lowest BCUT2D eigenvalue weighted by molar-refractivity contribution is -0.0193.